The van der Waals surface area contributed by atoms with Crippen molar-refractivity contribution >= 4 is 23.6 Å². The lowest BCUT2D eigenvalue weighted by molar-refractivity contribution is -0.136. The molecule has 4 amide bonds. The van der Waals surface area contributed by atoms with Crippen LogP contribution in [-0.2, 0) is 20.9 Å². The number of carbonyl (C=O) groups is 4. The Hall–Kier alpha value is -2.62. The van der Waals surface area contributed by atoms with E-state index in [1.807, 2.05) is 6.07 Å². The first-order valence-electron chi connectivity index (χ1n) is 10.3. The molecule has 5 rings (SSSR count). The maximum absolute atomic E-state index is 12.9. The van der Waals surface area contributed by atoms with Crippen molar-refractivity contribution in [2.45, 2.75) is 38.0 Å². The predicted octanol–water partition coefficient (Wildman–Crippen LogP) is -0.363. The summed E-state index contributed by atoms with van der Waals surface area (Å²) in [5.41, 5.74) is 7.48. The molecule has 3 N–H and O–H groups in total. The van der Waals surface area contributed by atoms with Gasteiger partial charge in [-0.15, -0.1) is 0 Å². The van der Waals surface area contributed by atoms with Gasteiger partial charge in [0.15, 0.2) is 0 Å². The number of benzene rings is 1. The van der Waals surface area contributed by atoms with Gasteiger partial charge in [0.2, 0.25) is 11.8 Å². The number of carbonyl (C=O) groups excluding carboxylic acids is 4. The van der Waals surface area contributed by atoms with E-state index in [1.165, 1.54) is 0 Å². The first kappa shape index (κ1) is 19.3. The van der Waals surface area contributed by atoms with Crippen LogP contribution in [-0.4, -0.2) is 71.8 Å². The zero-order valence-corrected chi connectivity index (χ0v) is 16.6. The van der Waals surface area contributed by atoms with Crippen LogP contribution in [0.15, 0.2) is 18.2 Å². The molecule has 4 heterocycles. The van der Waals surface area contributed by atoms with Crippen molar-refractivity contribution in [3.05, 3.63) is 34.9 Å². The molecule has 2 unspecified atom stereocenters. The van der Waals surface area contributed by atoms with E-state index >= 15 is 0 Å². The van der Waals surface area contributed by atoms with E-state index in [0.29, 0.717) is 24.2 Å². The number of fused-ring (bicyclic) bond motifs is 1. The summed E-state index contributed by atoms with van der Waals surface area (Å²) in [5.74, 6) is -1.93. The number of rotatable bonds is 4. The molecule has 9 heteroatoms. The van der Waals surface area contributed by atoms with Crippen LogP contribution in [0.2, 0.25) is 0 Å². The number of likely N-dealkylation sites (tertiary alicyclic amines) is 1. The number of nitrogens with zero attached hydrogens (tertiary/aromatic N) is 2. The van der Waals surface area contributed by atoms with Crippen molar-refractivity contribution in [2.75, 3.05) is 26.2 Å². The summed E-state index contributed by atoms with van der Waals surface area (Å²) in [6.45, 7) is 3.82. The smallest absolute Gasteiger partial charge is 0.262 e. The summed E-state index contributed by atoms with van der Waals surface area (Å²) in [5, 5.41) is 2.21. The third-order valence-corrected chi connectivity index (χ3v) is 6.58. The number of imide groups is 2. The SMILES string of the molecule is NCC1CC2(CO1)CN(Cc1ccc3c(c1)C(=O)N(C1CCC(=O)NC1=O)C3=O)C2. The van der Waals surface area contributed by atoms with Crippen molar-refractivity contribution in [1.29, 1.82) is 0 Å². The molecule has 0 saturated carbocycles. The van der Waals surface area contributed by atoms with Crippen LogP contribution in [0.1, 0.15) is 45.5 Å². The molecule has 3 fully saturated rings. The molecule has 0 radical (unpaired) electrons. The predicted molar refractivity (Wildman–Crippen MR) is 104 cm³/mol. The maximum atomic E-state index is 12.9. The van der Waals surface area contributed by atoms with Crippen LogP contribution >= 0.6 is 0 Å². The molecule has 0 aromatic heterocycles. The normalized spacial score (nSPS) is 28.1. The van der Waals surface area contributed by atoms with Crippen molar-refractivity contribution in [2.24, 2.45) is 11.1 Å². The molecule has 9 nitrogen and oxygen atoms in total. The lowest BCUT2D eigenvalue weighted by atomic mass is 9.77. The molecule has 2 atom stereocenters. The van der Waals surface area contributed by atoms with E-state index in [9.17, 15) is 19.2 Å². The van der Waals surface area contributed by atoms with Crippen molar-refractivity contribution < 1.29 is 23.9 Å². The van der Waals surface area contributed by atoms with E-state index in [4.69, 9.17) is 10.5 Å². The zero-order chi connectivity index (χ0) is 21.0. The Labute approximate surface area is 173 Å². The summed E-state index contributed by atoms with van der Waals surface area (Å²) in [6.07, 6.45) is 1.40. The molecule has 0 bridgehead atoms. The maximum Gasteiger partial charge on any atom is 0.262 e. The molecular weight excluding hydrogens is 388 g/mol. The highest BCUT2D eigenvalue weighted by molar-refractivity contribution is 6.23. The van der Waals surface area contributed by atoms with Crippen LogP contribution in [0.5, 0.6) is 0 Å². The highest BCUT2D eigenvalue weighted by atomic mass is 16.5. The molecule has 1 aromatic carbocycles. The number of nitrogens with two attached hydrogens (primary N) is 1. The van der Waals surface area contributed by atoms with Crippen molar-refractivity contribution in [3.63, 3.8) is 0 Å². The van der Waals surface area contributed by atoms with Gasteiger partial charge in [-0.1, -0.05) is 6.07 Å². The Morgan fingerprint density at radius 1 is 1.13 bits per heavy atom. The number of hydrogen-bond donors (Lipinski definition) is 2. The Balaban J connectivity index is 1.28. The van der Waals surface area contributed by atoms with Gasteiger partial charge in [-0.3, -0.25) is 34.3 Å². The van der Waals surface area contributed by atoms with Gasteiger partial charge >= 0.3 is 0 Å². The third kappa shape index (κ3) is 3.05. The number of nitrogens with one attached hydrogen (secondary N) is 1. The van der Waals surface area contributed by atoms with Crippen LogP contribution < -0.4 is 11.1 Å². The van der Waals surface area contributed by atoms with Gasteiger partial charge in [0.25, 0.3) is 11.8 Å². The van der Waals surface area contributed by atoms with Crippen molar-refractivity contribution in [1.82, 2.24) is 15.1 Å². The highest BCUT2D eigenvalue weighted by Gasteiger charge is 2.49. The topological polar surface area (TPSA) is 122 Å². The molecule has 4 aliphatic rings. The lowest BCUT2D eigenvalue weighted by Gasteiger charge is -2.47. The summed E-state index contributed by atoms with van der Waals surface area (Å²) < 4.78 is 5.74. The van der Waals surface area contributed by atoms with Crippen LogP contribution in [0.25, 0.3) is 0 Å². The van der Waals surface area contributed by atoms with Crippen molar-refractivity contribution in [3.8, 4) is 0 Å². The fourth-order valence-corrected chi connectivity index (χ4v) is 5.16. The highest BCUT2D eigenvalue weighted by Crippen LogP contribution is 2.41. The molecule has 3 saturated heterocycles. The average Bonchev–Trinajstić information content (AvgIpc) is 3.23. The lowest BCUT2D eigenvalue weighted by Crippen LogP contribution is -2.56. The molecule has 0 aliphatic carbocycles. The van der Waals surface area contributed by atoms with Gasteiger partial charge < -0.3 is 10.5 Å². The third-order valence-electron chi connectivity index (χ3n) is 6.58. The minimum absolute atomic E-state index is 0.112. The Morgan fingerprint density at radius 2 is 1.90 bits per heavy atom. The molecule has 1 aromatic rings. The summed E-state index contributed by atoms with van der Waals surface area (Å²) in [7, 11) is 0. The van der Waals surface area contributed by atoms with Gasteiger partial charge in [-0.2, -0.15) is 0 Å². The second kappa shape index (κ2) is 6.97. The van der Waals surface area contributed by atoms with E-state index in [-0.39, 0.29) is 30.3 Å². The molecule has 158 valence electrons. The Morgan fingerprint density at radius 3 is 2.60 bits per heavy atom. The number of hydrogen-bond acceptors (Lipinski definition) is 7. The Kier molecular flexibility index (Phi) is 4.49. The van der Waals surface area contributed by atoms with Gasteiger partial charge in [-0.25, -0.2) is 0 Å². The Bertz CT molecular complexity index is 955. The van der Waals surface area contributed by atoms with E-state index in [1.54, 1.807) is 12.1 Å². The van der Waals surface area contributed by atoms with Gasteiger partial charge in [0.05, 0.1) is 23.8 Å². The molecule has 1 spiro atoms. The monoisotopic (exact) mass is 412 g/mol. The minimum Gasteiger partial charge on any atom is -0.376 e. The fourth-order valence-electron chi connectivity index (χ4n) is 5.16. The molecular formula is C21H24N4O5. The summed E-state index contributed by atoms with van der Waals surface area (Å²) in [4.78, 5) is 52.5. The van der Waals surface area contributed by atoms with Gasteiger partial charge in [-0.05, 0) is 30.5 Å². The van der Waals surface area contributed by atoms with Crippen LogP contribution in [0.4, 0.5) is 0 Å². The van der Waals surface area contributed by atoms with E-state index in [2.05, 4.69) is 10.2 Å². The van der Waals surface area contributed by atoms with E-state index < -0.39 is 23.8 Å². The quantitative estimate of drug-likeness (QED) is 0.648. The first-order chi connectivity index (χ1) is 14.4. The number of piperidine rings is 1. The number of ether oxygens (including phenoxy) is 1. The largest absolute Gasteiger partial charge is 0.376 e. The second-order valence-electron chi connectivity index (χ2n) is 8.85. The molecule has 30 heavy (non-hydrogen) atoms. The minimum atomic E-state index is -0.938. The van der Waals surface area contributed by atoms with E-state index in [0.717, 1.165) is 36.6 Å². The van der Waals surface area contributed by atoms with Gasteiger partial charge in [0, 0.05) is 38.0 Å². The first-order valence-corrected chi connectivity index (χ1v) is 10.3. The standard InChI is InChI=1S/C21H24N4O5/c22-7-13-6-21(11-30-13)9-24(10-21)8-12-1-2-14-15(5-12)20(29)25(19(14)28)16-3-4-17(26)23-18(16)27/h1-2,5,13,16H,3-4,6-11,22H2,(H,23,26,27). The summed E-state index contributed by atoms with van der Waals surface area (Å²) in [6, 6.07) is 4.33. The fraction of sp³-hybridized carbons (Fsp3) is 0.524. The second-order valence-corrected chi connectivity index (χ2v) is 8.85. The van der Waals surface area contributed by atoms with Gasteiger partial charge in [0.1, 0.15) is 6.04 Å². The molecule has 4 aliphatic heterocycles. The zero-order valence-electron chi connectivity index (χ0n) is 16.6. The summed E-state index contributed by atoms with van der Waals surface area (Å²) >= 11 is 0. The number of amides is 4. The average molecular weight is 412 g/mol. The van der Waals surface area contributed by atoms with Crippen LogP contribution in [0, 0.1) is 5.41 Å². The van der Waals surface area contributed by atoms with Crippen LogP contribution in [0.3, 0.4) is 0 Å².